The van der Waals surface area contributed by atoms with Crippen LogP contribution in [0.4, 0.5) is 24.7 Å². The first-order chi connectivity index (χ1) is 16.8. The van der Waals surface area contributed by atoms with Gasteiger partial charge in [0.15, 0.2) is 0 Å². The van der Waals surface area contributed by atoms with E-state index < -0.39 is 11.7 Å². The van der Waals surface area contributed by atoms with E-state index in [9.17, 15) is 13.2 Å². The molecule has 5 heterocycles. The maximum absolute atomic E-state index is 13.9. The molecule has 2 saturated heterocycles. The minimum atomic E-state index is -4.48. The van der Waals surface area contributed by atoms with Crippen LogP contribution in [0.5, 0.6) is 0 Å². The van der Waals surface area contributed by atoms with E-state index in [-0.39, 0.29) is 24.3 Å². The number of anilines is 2. The number of halogens is 3. The number of hydrogen-bond donors (Lipinski definition) is 3. The van der Waals surface area contributed by atoms with Gasteiger partial charge in [0.2, 0.25) is 0 Å². The van der Waals surface area contributed by atoms with Crippen LogP contribution in [0.25, 0.3) is 11.0 Å². The number of aromatic nitrogens is 3. The molecule has 3 aromatic rings. The minimum absolute atomic E-state index is 0.0121. The summed E-state index contributed by atoms with van der Waals surface area (Å²) in [6.45, 7) is 6.88. The van der Waals surface area contributed by atoms with Crippen molar-refractivity contribution >= 4 is 22.5 Å². The molecule has 3 N–H and O–H groups in total. The molecule has 2 atom stereocenters. The summed E-state index contributed by atoms with van der Waals surface area (Å²) in [6.07, 6.45) is 0.954. The van der Waals surface area contributed by atoms with E-state index in [2.05, 4.69) is 44.3 Å². The number of alkyl halides is 3. The highest BCUT2D eigenvalue weighted by Crippen LogP contribution is 2.37. The Bertz CT molecular complexity index is 1160. The van der Waals surface area contributed by atoms with Gasteiger partial charge in [-0.25, -0.2) is 9.97 Å². The highest BCUT2D eigenvalue weighted by atomic mass is 19.4. The molecule has 2 fully saturated rings. The van der Waals surface area contributed by atoms with Crippen molar-refractivity contribution in [1.82, 2.24) is 20.3 Å². The second-order valence-corrected chi connectivity index (χ2v) is 9.60. The number of nitrogens with one attached hydrogen (secondary N) is 3. The van der Waals surface area contributed by atoms with Gasteiger partial charge >= 0.3 is 6.18 Å². The molecule has 35 heavy (non-hydrogen) atoms. The smallest absolute Gasteiger partial charge is 0.381 e. The zero-order valence-electron chi connectivity index (χ0n) is 20.0. The minimum Gasteiger partial charge on any atom is -0.381 e. The number of H-pyrrole nitrogens is 1. The van der Waals surface area contributed by atoms with Crippen molar-refractivity contribution in [2.24, 2.45) is 0 Å². The van der Waals surface area contributed by atoms with Crippen LogP contribution in [0, 0.1) is 0 Å². The van der Waals surface area contributed by atoms with Gasteiger partial charge in [0.05, 0.1) is 17.8 Å². The summed E-state index contributed by atoms with van der Waals surface area (Å²) in [5.41, 5.74) is 1.87. The average Bonchev–Trinajstić information content (AvgIpc) is 3.27. The lowest BCUT2D eigenvalue weighted by Gasteiger charge is -2.37. The van der Waals surface area contributed by atoms with Gasteiger partial charge in [-0.1, -0.05) is 0 Å². The van der Waals surface area contributed by atoms with Gasteiger partial charge in [-0.3, -0.25) is 0 Å². The summed E-state index contributed by atoms with van der Waals surface area (Å²) < 4.78 is 47.1. The van der Waals surface area contributed by atoms with E-state index in [1.807, 2.05) is 12.3 Å². The second kappa shape index (κ2) is 9.66. The van der Waals surface area contributed by atoms with Gasteiger partial charge in [0, 0.05) is 61.9 Å². The first-order valence-electron chi connectivity index (χ1n) is 12.2. The topological polar surface area (TPSA) is 78.1 Å². The van der Waals surface area contributed by atoms with E-state index in [1.54, 1.807) is 6.20 Å². The standard InChI is InChI=1S/C25H31F3N6O/c1-15-13-34(14-16(2)32-15)22-4-3-19(25(26,27)28)21(33-22)12-30-20-5-8-29-24-23(20)18(11-31-24)17-6-9-35-10-7-17/h3-5,8,11,15-17,32H,6-7,9-10,12-14H2,1-2H3,(H2,29,30,31)/t15-,16+. The first kappa shape index (κ1) is 23.9. The number of piperazine rings is 1. The van der Waals surface area contributed by atoms with Crippen molar-refractivity contribution in [2.45, 2.75) is 57.4 Å². The van der Waals surface area contributed by atoms with E-state index >= 15 is 0 Å². The van der Waals surface area contributed by atoms with Crippen molar-refractivity contribution in [3.8, 4) is 0 Å². The molecule has 0 saturated carbocycles. The first-order valence-corrected chi connectivity index (χ1v) is 12.2. The summed E-state index contributed by atoms with van der Waals surface area (Å²) in [5, 5.41) is 7.61. The van der Waals surface area contributed by atoms with Crippen molar-refractivity contribution in [1.29, 1.82) is 0 Å². The lowest BCUT2D eigenvalue weighted by atomic mass is 9.91. The highest BCUT2D eigenvalue weighted by Gasteiger charge is 2.35. The molecular weight excluding hydrogens is 457 g/mol. The average molecular weight is 489 g/mol. The van der Waals surface area contributed by atoms with Gasteiger partial charge in [0.25, 0.3) is 0 Å². The number of aromatic amines is 1. The number of pyridine rings is 2. The molecule has 7 nitrogen and oxygen atoms in total. The van der Waals surface area contributed by atoms with Crippen LogP contribution in [0.2, 0.25) is 0 Å². The molecule has 2 aliphatic heterocycles. The fourth-order valence-corrected chi connectivity index (χ4v) is 5.31. The zero-order chi connectivity index (χ0) is 24.6. The van der Waals surface area contributed by atoms with Crippen LogP contribution in [0.1, 0.15) is 49.4 Å². The van der Waals surface area contributed by atoms with Crippen molar-refractivity contribution in [3.05, 3.63) is 47.4 Å². The summed E-state index contributed by atoms with van der Waals surface area (Å²) in [6, 6.07) is 4.91. The van der Waals surface area contributed by atoms with E-state index in [1.165, 1.54) is 6.07 Å². The number of nitrogens with zero attached hydrogens (tertiary/aromatic N) is 3. The third-order valence-electron chi connectivity index (χ3n) is 6.86. The highest BCUT2D eigenvalue weighted by molar-refractivity contribution is 5.93. The lowest BCUT2D eigenvalue weighted by molar-refractivity contribution is -0.138. The Morgan fingerprint density at radius 1 is 1.11 bits per heavy atom. The maximum Gasteiger partial charge on any atom is 0.418 e. The molecule has 5 rings (SSSR count). The summed E-state index contributed by atoms with van der Waals surface area (Å²) in [4.78, 5) is 14.2. The Morgan fingerprint density at radius 2 is 1.86 bits per heavy atom. The number of hydrogen-bond acceptors (Lipinski definition) is 6. The molecule has 10 heteroatoms. The van der Waals surface area contributed by atoms with Crippen molar-refractivity contribution in [2.75, 3.05) is 36.5 Å². The lowest BCUT2D eigenvalue weighted by Crippen LogP contribution is -2.54. The Labute approximate surface area is 202 Å². The Balaban J connectivity index is 1.45. The molecule has 0 spiro atoms. The number of fused-ring (bicyclic) bond motifs is 1. The Hall–Kier alpha value is -2.85. The van der Waals surface area contributed by atoms with E-state index in [0.29, 0.717) is 38.0 Å². The number of rotatable bonds is 5. The molecule has 0 aromatic carbocycles. The van der Waals surface area contributed by atoms with Gasteiger partial charge < -0.3 is 25.3 Å². The van der Waals surface area contributed by atoms with Crippen molar-refractivity contribution in [3.63, 3.8) is 0 Å². The van der Waals surface area contributed by atoms with E-state index in [0.717, 1.165) is 41.2 Å². The van der Waals surface area contributed by atoms with Crippen LogP contribution in [0.3, 0.4) is 0 Å². The second-order valence-electron chi connectivity index (χ2n) is 9.60. The molecule has 0 bridgehead atoms. The summed E-state index contributed by atoms with van der Waals surface area (Å²) in [7, 11) is 0. The quantitative estimate of drug-likeness (QED) is 0.485. The zero-order valence-corrected chi connectivity index (χ0v) is 20.0. The molecule has 188 valence electrons. The Morgan fingerprint density at radius 3 is 2.57 bits per heavy atom. The molecule has 3 aromatic heterocycles. The largest absolute Gasteiger partial charge is 0.418 e. The SMILES string of the molecule is C[C@@H]1CN(c2ccc(C(F)(F)F)c(CNc3ccnc4[nH]cc(C5CCOCC5)c34)n2)C[C@H](C)N1. The molecule has 0 radical (unpaired) electrons. The molecule has 0 amide bonds. The van der Waals surface area contributed by atoms with Crippen LogP contribution >= 0.6 is 0 Å². The fourth-order valence-electron chi connectivity index (χ4n) is 5.31. The molecule has 2 aliphatic rings. The predicted molar refractivity (Wildman–Crippen MR) is 130 cm³/mol. The fraction of sp³-hybridized carbons (Fsp3) is 0.520. The van der Waals surface area contributed by atoms with Gasteiger partial charge in [-0.05, 0) is 56.4 Å². The van der Waals surface area contributed by atoms with Crippen LogP contribution in [-0.4, -0.2) is 53.3 Å². The normalized spacial score (nSPS) is 22.0. The molecule has 0 aliphatic carbocycles. The van der Waals surface area contributed by atoms with E-state index in [4.69, 9.17) is 4.74 Å². The third-order valence-corrected chi connectivity index (χ3v) is 6.86. The molecular formula is C25H31F3N6O. The van der Waals surface area contributed by atoms with Crippen molar-refractivity contribution < 1.29 is 17.9 Å². The number of ether oxygens (including phenoxy) is 1. The predicted octanol–water partition coefficient (Wildman–Crippen LogP) is 4.67. The van der Waals surface area contributed by atoms with Crippen LogP contribution < -0.4 is 15.5 Å². The summed E-state index contributed by atoms with van der Waals surface area (Å²) in [5.74, 6) is 0.894. The Kier molecular flexibility index (Phi) is 6.59. The maximum atomic E-state index is 13.9. The molecule has 0 unspecified atom stereocenters. The van der Waals surface area contributed by atoms with Gasteiger partial charge in [-0.15, -0.1) is 0 Å². The van der Waals surface area contributed by atoms with Gasteiger partial charge in [0.1, 0.15) is 11.5 Å². The van der Waals surface area contributed by atoms with Crippen LogP contribution in [-0.2, 0) is 17.5 Å². The van der Waals surface area contributed by atoms with Gasteiger partial charge in [-0.2, -0.15) is 13.2 Å². The van der Waals surface area contributed by atoms with Crippen LogP contribution in [0.15, 0.2) is 30.6 Å². The summed E-state index contributed by atoms with van der Waals surface area (Å²) >= 11 is 0. The third kappa shape index (κ3) is 5.08. The monoisotopic (exact) mass is 488 g/mol.